The molecular weight excluding hydrogens is 450 g/mol. The average Bonchev–Trinajstić information content (AvgIpc) is 3.27. The maximum atomic E-state index is 13.2. The number of nitrogens with zero attached hydrogens (tertiary/aromatic N) is 4. The van der Waals surface area contributed by atoms with Crippen molar-refractivity contribution in [3.8, 4) is 0 Å². The molecule has 35 heavy (non-hydrogen) atoms. The van der Waals surface area contributed by atoms with E-state index in [9.17, 15) is 14.7 Å². The molecule has 0 saturated heterocycles. The van der Waals surface area contributed by atoms with E-state index in [1.54, 1.807) is 41.6 Å². The van der Waals surface area contributed by atoms with E-state index in [-0.39, 0.29) is 35.8 Å². The highest BCUT2D eigenvalue weighted by molar-refractivity contribution is 6.00. The van der Waals surface area contributed by atoms with E-state index in [0.29, 0.717) is 35.0 Å². The lowest BCUT2D eigenvalue weighted by atomic mass is 9.89. The summed E-state index contributed by atoms with van der Waals surface area (Å²) in [6.07, 6.45) is 7.75. The van der Waals surface area contributed by atoms with Crippen molar-refractivity contribution in [2.45, 2.75) is 62.8 Å². The molecule has 0 aromatic carbocycles. The fourth-order valence-electron chi connectivity index (χ4n) is 4.95. The number of carbonyl (C=O) groups is 1. The second kappa shape index (κ2) is 9.67. The number of fused-ring (bicyclic) bond motifs is 1. The van der Waals surface area contributed by atoms with Crippen LogP contribution in [0.4, 0.5) is 17.3 Å². The molecule has 2 aliphatic rings. The first-order chi connectivity index (χ1) is 17.0. The topological polar surface area (TPSA) is 135 Å². The average molecular weight is 482 g/mol. The highest BCUT2D eigenvalue weighted by atomic mass is 16.5. The number of ether oxygens (including phenoxy) is 1. The quantitative estimate of drug-likeness (QED) is 0.403. The number of rotatable bonds is 7. The summed E-state index contributed by atoms with van der Waals surface area (Å²) in [7, 11) is 3.40. The highest BCUT2D eigenvalue weighted by Gasteiger charge is 2.33. The van der Waals surface area contributed by atoms with Crippen LogP contribution in [0.1, 0.15) is 54.9 Å². The lowest BCUT2D eigenvalue weighted by Crippen LogP contribution is -2.51. The van der Waals surface area contributed by atoms with Crippen molar-refractivity contribution in [1.82, 2.24) is 24.5 Å². The van der Waals surface area contributed by atoms with Crippen LogP contribution in [0.25, 0.3) is 5.65 Å². The maximum Gasteiger partial charge on any atom is 0.274 e. The Hall–Kier alpha value is -3.44. The molecule has 1 amide bonds. The van der Waals surface area contributed by atoms with E-state index in [0.717, 1.165) is 32.1 Å². The summed E-state index contributed by atoms with van der Waals surface area (Å²) in [4.78, 5) is 30.8. The molecule has 0 spiro atoms. The minimum Gasteiger partial charge on any atom is -0.393 e. The third-order valence-corrected chi connectivity index (χ3v) is 7.05. The molecule has 0 aliphatic heterocycles. The Labute approximate surface area is 202 Å². The van der Waals surface area contributed by atoms with Crippen molar-refractivity contribution in [1.29, 1.82) is 0 Å². The Balaban J connectivity index is 1.44. The minimum atomic E-state index is -0.384. The third-order valence-electron chi connectivity index (χ3n) is 7.05. The van der Waals surface area contributed by atoms with Gasteiger partial charge in [0.2, 0.25) is 0 Å². The van der Waals surface area contributed by atoms with Gasteiger partial charge in [0.25, 0.3) is 11.5 Å². The lowest BCUT2D eigenvalue weighted by molar-refractivity contribution is 0.00732. The Bertz CT molecular complexity index is 1280. The van der Waals surface area contributed by atoms with Gasteiger partial charge in [-0.2, -0.15) is 9.61 Å². The summed E-state index contributed by atoms with van der Waals surface area (Å²) in [6.45, 7) is 0. The van der Waals surface area contributed by atoms with Crippen molar-refractivity contribution in [3.63, 3.8) is 0 Å². The molecule has 2 saturated carbocycles. The Morgan fingerprint density at radius 1 is 1.26 bits per heavy atom. The van der Waals surface area contributed by atoms with Crippen LogP contribution in [-0.4, -0.2) is 62.6 Å². The first-order valence-electron chi connectivity index (χ1n) is 12.0. The number of amides is 1. The maximum absolute atomic E-state index is 13.2. The van der Waals surface area contributed by atoms with Gasteiger partial charge in [-0.05, 0) is 50.7 Å². The van der Waals surface area contributed by atoms with Gasteiger partial charge in [-0.25, -0.2) is 4.98 Å². The van der Waals surface area contributed by atoms with Gasteiger partial charge in [-0.1, -0.05) is 0 Å². The predicted molar refractivity (Wildman–Crippen MR) is 131 cm³/mol. The minimum absolute atomic E-state index is 0.0179. The van der Waals surface area contributed by atoms with Gasteiger partial charge in [0, 0.05) is 32.5 Å². The van der Waals surface area contributed by atoms with Gasteiger partial charge in [-0.3, -0.25) is 9.59 Å². The summed E-state index contributed by atoms with van der Waals surface area (Å²) in [6, 6.07) is 5.17. The second-order valence-corrected chi connectivity index (χ2v) is 9.24. The molecule has 11 heteroatoms. The van der Waals surface area contributed by atoms with Crippen LogP contribution in [0.5, 0.6) is 0 Å². The van der Waals surface area contributed by atoms with Crippen LogP contribution in [0.3, 0.4) is 0 Å². The fraction of sp³-hybridized carbons (Fsp3) is 0.500. The van der Waals surface area contributed by atoms with E-state index in [1.165, 1.54) is 6.20 Å². The predicted octanol–water partition coefficient (Wildman–Crippen LogP) is 2.06. The molecule has 0 bridgehead atoms. The monoisotopic (exact) mass is 481 g/mol. The molecule has 2 aliphatic carbocycles. The number of nitrogens with one attached hydrogen (secondary N) is 3. The van der Waals surface area contributed by atoms with Crippen molar-refractivity contribution in [2.24, 2.45) is 0 Å². The van der Waals surface area contributed by atoms with E-state index >= 15 is 0 Å². The summed E-state index contributed by atoms with van der Waals surface area (Å²) in [5.41, 5.74) is 0.904. The van der Waals surface area contributed by atoms with Crippen molar-refractivity contribution >= 4 is 28.9 Å². The zero-order chi connectivity index (χ0) is 24.5. The Morgan fingerprint density at radius 3 is 2.83 bits per heavy atom. The van der Waals surface area contributed by atoms with E-state index in [4.69, 9.17) is 4.74 Å². The summed E-state index contributed by atoms with van der Waals surface area (Å²) < 4.78 is 8.62. The van der Waals surface area contributed by atoms with Crippen molar-refractivity contribution in [3.05, 3.63) is 46.5 Å². The summed E-state index contributed by atoms with van der Waals surface area (Å²) >= 11 is 0. The number of pyridine rings is 1. The zero-order valence-corrected chi connectivity index (χ0v) is 19.9. The van der Waals surface area contributed by atoms with Gasteiger partial charge in [-0.15, -0.1) is 0 Å². The van der Waals surface area contributed by atoms with Gasteiger partial charge < -0.3 is 30.4 Å². The highest BCUT2D eigenvalue weighted by Crippen LogP contribution is 2.28. The molecule has 5 rings (SSSR count). The Kier molecular flexibility index (Phi) is 6.44. The zero-order valence-electron chi connectivity index (χ0n) is 19.9. The van der Waals surface area contributed by atoms with Crippen LogP contribution in [0.2, 0.25) is 0 Å². The number of anilines is 3. The number of hydrogen-bond donors (Lipinski definition) is 4. The Morgan fingerprint density at radius 2 is 2.11 bits per heavy atom. The van der Waals surface area contributed by atoms with Crippen LogP contribution in [-0.2, 0) is 4.74 Å². The van der Waals surface area contributed by atoms with Crippen molar-refractivity contribution < 1.29 is 14.6 Å². The molecule has 4 N–H and O–H groups in total. The van der Waals surface area contributed by atoms with E-state index < -0.39 is 0 Å². The molecule has 2 fully saturated rings. The molecule has 3 aromatic heterocycles. The molecular formula is C24H31N7O4. The molecule has 11 nitrogen and oxygen atoms in total. The fourth-order valence-corrected chi connectivity index (χ4v) is 4.95. The third kappa shape index (κ3) is 4.48. The summed E-state index contributed by atoms with van der Waals surface area (Å²) in [5, 5.41) is 23.6. The molecule has 4 atom stereocenters. The number of aromatic nitrogens is 4. The number of aliphatic hydroxyl groups is 1. The number of hydrogen-bond acceptors (Lipinski definition) is 8. The second-order valence-electron chi connectivity index (χ2n) is 9.24. The van der Waals surface area contributed by atoms with E-state index in [1.807, 2.05) is 6.07 Å². The van der Waals surface area contributed by atoms with Gasteiger partial charge in [0.1, 0.15) is 22.9 Å². The largest absolute Gasteiger partial charge is 0.393 e. The van der Waals surface area contributed by atoms with Gasteiger partial charge >= 0.3 is 0 Å². The van der Waals surface area contributed by atoms with Crippen LogP contribution < -0.4 is 21.5 Å². The van der Waals surface area contributed by atoms with Crippen LogP contribution >= 0.6 is 0 Å². The molecule has 0 unspecified atom stereocenters. The molecule has 3 heterocycles. The van der Waals surface area contributed by atoms with Crippen LogP contribution in [0, 0.1) is 0 Å². The molecule has 3 aromatic rings. The first-order valence-corrected chi connectivity index (χ1v) is 12.0. The van der Waals surface area contributed by atoms with Crippen molar-refractivity contribution in [2.75, 3.05) is 24.8 Å². The number of aliphatic hydroxyl groups excluding tert-OH is 1. The van der Waals surface area contributed by atoms with Gasteiger partial charge in [0.05, 0.1) is 24.4 Å². The summed E-state index contributed by atoms with van der Waals surface area (Å²) in [5.74, 6) is 0.756. The standard InChI is InChI=1S/C24H31N7O4/c1-25-21-12-20(27-18-7-4-10-30(24(18)34)14-5-3-6-15(32)11-14)29-22-16(13-26-31(21)22)23(33)28-17-8-9-19(17)35-2/h4,7,10,12-15,17,19,25,32H,3,5-6,8-9,11H2,1-2H3,(H,27,29)(H,28,33)/t14-,15-,17-,19-/m1/s1. The number of carbonyl (C=O) groups excluding carboxylic acids is 1. The SMILES string of the molecule is CNc1cc(Nc2cccn([C@@H]3CCC[C@@H](O)C3)c2=O)nc2c(C(=O)N[C@@H]3CC[C@H]3OC)cnn12. The van der Waals surface area contributed by atoms with E-state index in [2.05, 4.69) is 26.0 Å². The molecule has 186 valence electrons. The first kappa shape index (κ1) is 23.3. The van der Waals surface area contributed by atoms with Crippen LogP contribution in [0.15, 0.2) is 35.4 Å². The molecule has 0 radical (unpaired) electrons. The lowest BCUT2D eigenvalue weighted by Gasteiger charge is -2.35. The smallest absolute Gasteiger partial charge is 0.274 e. The normalized spacial score (nSPS) is 24.1. The number of methoxy groups -OCH3 is 1. The van der Waals surface area contributed by atoms with Gasteiger partial charge in [0.15, 0.2) is 5.65 Å².